The topological polar surface area (TPSA) is 38.5 Å². The van der Waals surface area contributed by atoms with Gasteiger partial charge in [-0.05, 0) is 32.4 Å². The number of hydrogen-bond donors (Lipinski definition) is 1. The minimum Gasteiger partial charge on any atom is -0.493 e. The van der Waals surface area contributed by atoms with Crippen molar-refractivity contribution in [3.63, 3.8) is 0 Å². The molecular formula is C16H24N2O. The molecule has 0 bridgehead atoms. The van der Waals surface area contributed by atoms with Crippen molar-refractivity contribution in [1.82, 2.24) is 4.90 Å². The van der Waals surface area contributed by atoms with E-state index in [0.29, 0.717) is 12.1 Å². The van der Waals surface area contributed by atoms with Crippen LogP contribution in [0, 0.1) is 0 Å². The van der Waals surface area contributed by atoms with E-state index in [1.807, 2.05) is 0 Å². The number of piperidine rings is 1. The molecule has 0 radical (unpaired) electrons. The monoisotopic (exact) mass is 260 g/mol. The van der Waals surface area contributed by atoms with Crippen molar-refractivity contribution in [2.75, 3.05) is 13.2 Å². The van der Waals surface area contributed by atoms with Gasteiger partial charge >= 0.3 is 0 Å². The summed E-state index contributed by atoms with van der Waals surface area (Å²) in [6, 6.07) is 9.73. The van der Waals surface area contributed by atoms with E-state index in [0.717, 1.165) is 18.8 Å². The maximum atomic E-state index is 6.21. The number of fused-ring (bicyclic) bond motifs is 1. The number of hydrogen-bond acceptors (Lipinski definition) is 3. The van der Waals surface area contributed by atoms with Crippen molar-refractivity contribution >= 4 is 0 Å². The lowest BCUT2D eigenvalue weighted by atomic mass is 9.90. The molecule has 1 aromatic carbocycles. The van der Waals surface area contributed by atoms with Crippen LogP contribution in [0.5, 0.6) is 5.75 Å². The van der Waals surface area contributed by atoms with Crippen LogP contribution in [0.15, 0.2) is 24.3 Å². The molecular weight excluding hydrogens is 236 g/mol. The SMILES string of the molecule is CC(N)C1CCCCN1C1CCOc2ccccc21. The highest BCUT2D eigenvalue weighted by Gasteiger charge is 2.34. The van der Waals surface area contributed by atoms with Gasteiger partial charge in [-0.3, -0.25) is 4.90 Å². The third-order valence-electron chi connectivity index (χ3n) is 4.53. The number of ether oxygens (including phenoxy) is 1. The quantitative estimate of drug-likeness (QED) is 0.888. The number of rotatable bonds is 2. The fourth-order valence-electron chi connectivity index (χ4n) is 3.60. The standard InChI is InChI=1S/C16H24N2O/c1-12(17)14-7-4-5-10-18(14)15-9-11-19-16-8-3-2-6-13(15)16/h2-3,6,8,12,14-15H,4-5,7,9-11,17H2,1H3. The Morgan fingerprint density at radius 2 is 2.11 bits per heavy atom. The molecule has 0 spiro atoms. The Labute approximate surface area is 115 Å². The van der Waals surface area contributed by atoms with Crippen molar-refractivity contribution in [3.05, 3.63) is 29.8 Å². The molecule has 19 heavy (non-hydrogen) atoms. The van der Waals surface area contributed by atoms with Crippen LogP contribution in [-0.4, -0.2) is 30.1 Å². The minimum atomic E-state index is 0.246. The van der Waals surface area contributed by atoms with Crippen molar-refractivity contribution in [2.24, 2.45) is 5.73 Å². The van der Waals surface area contributed by atoms with Gasteiger partial charge in [-0.2, -0.15) is 0 Å². The third-order valence-corrected chi connectivity index (χ3v) is 4.53. The number of nitrogens with two attached hydrogens (primary N) is 1. The molecule has 2 aliphatic rings. The molecule has 3 atom stereocenters. The molecule has 0 saturated carbocycles. The maximum Gasteiger partial charge on any atom is 0.124 e. The average molecular weight is 260 g/mol. The van der Waals surface area contributed by atoms with Gasteiger partial charge in [0.15, 0.2) is 0 Å². The summed E-state index contributed by atoms with van der Waals surface area (Å²) in [7, 11) is 0. The van der Waals surface area contributed by atoms with Crippen LogP contribution in [0.1, 0.15) is 44.2 Å². The Bertz CT molecular complexity index is 433. The van der Waals surface area contributed by atoms with Gasteiger partial charge in [-0.15, -0.1) is 0 Å². The summed E-state index contributed by atoms with van der Waals surface area (Å²) in [4.78, 5) is 2.63. The second kappa shape index (κ2) is 5.51. The van der Waals surface area contributed by atoms with E-state index in [2.05, 4.69) is 36.1 Å². The fourth-order valence-corrected chi connectivity index (χ4v) is 3.60. The molecule has 0 aromatic heterocycles. The van der Waals surface area contributed by atoms with E-state index in [1.165, 1.54) is 31.4 Å². The number of benzene rings is 1. The lowest BCUT2D eigenvalue weighted by Gasteiger charge is -2.44. The molecule has 3 heteroatoms. The molecule has 2 heterocycles. The van der Waals surface area contributed by atoms with Crippen LogP contribution in [-0.2, 0) is 0 Å². The van der Waals surface area contributed by atoms with E-state index < -0.39 is 0 Å². The van der Waals surface area contributed by atoms with Crippen LogP contribution < -0.4 is 10.5 Å². The van der Waals surface area contributed by atoms with Crippen molar-refractivity contribution in [3.8, 4) is 5.75 Å². The van der Waals surface area contributed by atoms with Crippen LogP contribution in [0.2, 0.25) is 0 Å². The highest BCUT2D eigenvalue weighted by atomic mass is 16.5. The first kappa shape index (κ1) is 12.9. The predicted molar refractivity (Wildman–Crippen MR) is 77.3 cm³/mol. The summed E-state index contributed by atoms with van der Waals surface area (Å²) < 4.78 is 5.78. The van der Waals surface area contributed by atoms with Crippen molar-refractivity contribution in [2.45, 2.75) is 50.7 Å². The van der Waals surface area contributed by atoms with Gasteiger partial charge < -0.3 is 10.5 Å². The first-order valence-electron chi connectivity index (χ1n) is 7.50. The lowest BCUT2D eigenvalue weighted by molar-refractivity contribution is 0.0571. The number of para-hydroxylation sites is 1. The summed E-state index contributed by atoms with van der Waals surface area (Å²) in [6.45, 7) is 4.14. The van der Waals surface area contributed by atoms with Gasteiger partial charge in [0, 0.05) is 30.1 Å². The van der Waals surface area contributed by atoms with Gasteiger partial charge in [-0.1, -0.05) is 24.6 Å². The molecule has 2 N–H and O–H groups in total. The van der Waals surface area contributed by atoms with E-state index in [-0.39, 0.29) is 6.04 Å². The third kappa shape index (κ3) is 2.49. The molecule has 3 unspecified atom stereocenters. The molecule has 3 nitrogen and oxygen atoms in total. The zero-order valence-electron chi connectivity index (χ0n) is 11.7. The highest BCUT2D eigenvalue weighted by molar-refractivity contribution is 5.37. The lowest BCUT2D eigenvalue weighted by Crippen LogP contribution is -2.51. The molecule has 3 rings (SSSR count). The smallest absolute Gasteiger partial charge is 0.124 e. The summed E-state index contributed by atoms with van der Waals surface area (Å²) in [5, 5.41) is 0. The Morgan fingerprint density at radius 1 is 1.26 bits per heavy atom. The number of nitrogens with zero attached hydrogens (tertiary/aromatic N) is 1. The first-order chi connectivity index (χ1) is 9.27. The first-order valence-corrected chi connectivity index (χ1v) is 7.50. The summed E-state index contributed by atoms with van der Waals surface area (Å²) in [5.41, 5.74) is 7.56. The fraction of sp³-hybridized carbons (Fsp3) is 0.625. The highest BCUT2D eigenvalue weighted by Crippen LogP contribution is 2.39. The maximum absolute atomic E-state index is 6.21. The van der Waals surface area contributed by atoms with Gasteiger partial charge in [0.2, 0.25) is 0 Å². The normalized spacial score (nSPS) is 29.4. The zero-order chi connectivity index (χ0) is 13.2. The Hall–Kier alpha value is -1.06. The van der Waals surface area contributed by atoms with Gasteiger partial charge in [0.1, 0.15) is 5.75 Å². The Kier molecular flexibility index (Phi) is 3.76. The zero-order valence-corrected chi connectivity index (χ0v) is 11.7. The van der Waals surface area contributed by atoms with Crippen LogP contribution in [0.25, 0.3) is 0 Å². The van der Waals surface area contributed by atoms with E-state index in [1.54, 1.807) is 0 Å². The molecule has 1 fully saturated rings. The van der Waals surface area contributed by atoms with E-state index in [4.69, 9.17) is 10.5 Å². The molecule has 0 amide bonds. The summed E-state index contributed by atoms with van der Waals surface area (Å²) >= 11 is 0. The molecule has 1 aromatic rings. The van der Waals surface area contributed by atoms with Crippen molar-refractivity contribution < 1.29 is 4.74 Å². The van der Waals surface area contributed by atoms with Gasteiger partial charge in [0.05, 0.1) is 6.61 Å². The molecule has 2 aliphatic heterocycles. The number of likely N-dealkylation sites (tertiary alicyclic amines) is 1. The molecule has 104 valence electrons. The van der Waals surface area contributed by atoms with Gasteiger partial charge in [0.25, 0.3) is 0 Å². The van der Waals surface area contributed by atoms with Crippen LogP contribution in [0.3, 0.4) is 0 Å². The second-order valence-corrected chi connectivity index (χ2v) is 5.85. The summed E-state index contributed by atoms with van der Waals surface area (Å²) in [6.07, 6.45) is 4.92. The van der Waals surface area contributed by atoms with E-state index in [9.17, 15) is 0 Å². The summed E-state index contributed by atoms with van der Waals surface area (Å²) in [5.74, 6) is 1.06. The minimum absolute atomic E-state index is 0.246. The Morgan fingerprint density at radius 3 is 2.95 bits per heavy atom. The largest absolute Gasteiger partial charge is 0.493 e. The van der Waals surface area contributed by atoms with Crippen molar-refractivity contribution in [1.29, 1.82) is 0 Å². The van der Waals surface area contributed by atoms with E-state index >= 15 is 0 Å². The molecule has 1 saturated heterocycles. The van der Waals surface area contributed by atoms with Gasteiger partial charge in [-0.25, -0.2) is 0 Å². The average Bonchev–Trinajstić information content (AvgIpc) is 2.46. The predicted octanol–water partition coefficient (Wildman–Crippen LogP) is 2.71. The molecule has 0 aliphatic carbocycles. The van der Waals surface area contributed by atoms with Crippen LogP contribution in [0.4, 0.5) is 0 Å². The van der Waals surface area contributed by atoms with Crippen LogP contribution >= 0.6 is 0 Å². The second-order valence-electron chi connectivity index (χ2n) is 5.85. The Balaban J connectivity index is 1.89.